The van der Waals surface area contributed by atoms with E-state index in [1.54, 1.807) is 6.07 Å². The number of ether oxygens (including phenoxy) is 1. The van der Waals surface area contributed by atoms with E-state index in [1.165, 1.54) is 6.07 Å². The Morgan fingerprint density at radius 1 is 1.46 bits per heavy atom. The number of nitrogens with zero attached hydrogens (tertiary/aromatic N) is 2. The van der Waals surface area contributed by atoms with Crippen LogP contribution < -0.4 is 10.9 Å². The van der Waals surface area contributed by atoms with Crippen LogP contribution in [-0.2, 0) is 16.0 Å². The molecule has 3 rings (SSSR count). The highest BCUT2D eigenvalue weighted by atomic mass is 16.5. The molecule has 1 amide bonds. The number of aryl methyl sites for hydroxylation is 1. The summed E-state index contributed by atoms with van der Waals surface area (Å²) in [7, 11) is 0. The fourth-order valence-electron chi connectivity index (χ4n) is 3.46. The van der Waals surface area contributed by atoms with E-state index < -0.39 is 0 Å². The lowest BCUT2D eigenvalue weighted by molar-refractivity contribution is -0.121. The van der Waals surface area contributed by atoms with Crippen molar-refractivity contribution < 1.29 is 9.53 Å². The molecule has 3 atom stereocenters. The molecule has 0 saturated carbocycles. The number of nitrogens with one attached hydrogen (secondary N) is 2. The van der Waals surface area contributed by atoms with Gasteiger partial charge in [-0.3, -0.25) is 14.5 Å². The van der Waals surface area contributed by atoms with Crippen molar-refractivity contribution in [2.24, 2.45) is 5.92 Å². The van der Waals surface area contributed by atoms with Gasteiger partial charge in [0.05, 0.1) is 18.4 Å². The van der Waals surface area contributed by atoms with E-state index in [0.717, 1.165) is 31.8 Å². The molecule has 24 heavy (non-hydrogen) atoms. The summed E-state index contributed by atoms with van der Waals surface area (Å²) in [5.41, 5.74) is 0.495. The lowest BCUT2D eigenvalue weighted by Gasteiger charge is -2.36. The predicted octanol–water partition coefficient (Wildman–Crippen LogP) is 0.316. The SMILES string of the molecule is CC(C)C1CN2CC(NC(=O)CCc3ccc(=O)[nH]n3)CC2CO1. The maximum atomic E-state index is 12.2. The van der Waals surface area contributed by atoms with Crippen LogP contribution in [0.15, 0.2) is 16.9 Å². The highest BCUT2D eigenvalue weighted by Crippen LogP contribution is 2.25. The molecule has 0 bridgehead atoms. The molecule has 1 aromatic rings. The second-order valence-electron chi connectivity index (χ2n) is 7.14. The first-order valence-electron chi connectivity index (χ1n) is 8.71. The molecular weight excluding hydrogens is 308 g/mol. The van der Waals surface area contributed by atoms with Gasteiger partial charge in [0.2, 0.25) is 5.91 Å². The summed E-state index contributed by atoms with van der Waals surface area (Å²) in [4.78, 5) is 25.6. The third-order valence-corrected chi connectivity index (χ3v) is 4.90. The molecule has 3 heterocycles. The van der Waals surface area contributed by atoms with Gasteiger partial charge in [-0.05, 0) is 18.4 Å². The molecule has 0 radical (unpaired) electrons. The van der Waals surface area contributed by atoms with E-state index in [2.05, 4.69) is 34.3 Å². The van der Waals surface area contributed by atoms with Crippen LogP contribution >= 0.6 is 0 Å². The highest BCUT2D eigenvalue weighted by Gasteiger charge is 2.38. The predicted molar refractivity (Wildman–Crippen MR) is 89.7 cm³/mol. The van der Waals surface area contributed by atoms with Crippen molar-refractivity contribution in [3.8, 4) is 0 Å². The van der Waals surface area contributed by atoms with Crippen LogP contribution in [-0.4, -0.2) is 58.9 Å². The molecule has 2 aliphatic heterocycles. The third-order valence-electron chi connectivity index (χ3n) is 4.90. The number of H-pyrrole nitrogens is 1. The zero-order valence-electron chi connectivity index (χ0n) is 14.3. The van der Waals surface area contributed by atoms with Crippen LogP contribution in [0, 0.1) is 5.92 Å². The zero-order chi connectivity index (χ0) is 17.1. The van der Waals surface area contributed by atoms with Gasteiger partial charge in [-0.2, -0.15) is 5.10 Å². The largest absolute Gasteiger partial charge is 0.375 e. The normalized spacial score (nSPS) is 27.2. The zero-order valence-corrected chi connectivity index (χ0v) is 14.3. The number of fused-ring (bicyclic) bond motifs is 1. The topological polar surface area (TPSA) is 87.3 Å². The maximum Gasteiger partial charge on any atom is 0.264 e. The quantitative estimate of drug-likeness (QED) is 0.810. The van der Waals surface area contributed by atoms with Crippen molar-refractivity contribution in [3.05, 3.63) is 28.2 Å². The van der Waals surface area contributed by atoms with E-state index in [9.17, 15) is 9.59 Å². The summed E-state index contributed by atoms with van der Waals surface area (Å²) in [6.45, 7) is 6.99. The monoisotopic (exact) mass is 334 g/mol. The molecule has 132 valence electrons. The molecule has 2 fully saturated rings. The van der Waals surface area contributed by atoms with E-state index in [-0.39, 0.29) is 17.5 Å². The number of hydrogen-bond donors (Lipinski definition) is 2. The maximum absolute atomic E-state index is 12.2. The molecule has 2 saturated heterocycles. The number of rotatable bonds is 5. The number of morpholine rings is 1. The Hall–Kier alpha value is -1.73. The van der Waals surface area contributed by atoms with Gasteiger partial charge in [-0.25, -0.2) is 5.10 Å². The Kier molecular flexibility index (Phi) is 5.30. The molecule has 2 N–H and O–H groups in total. The molecular formula is C17H26N4O3. The fraction of sp³-hybridized carbons (Fsp3) is 0.706. The molecule has 0 aliphatic carbocycles. The summed E-state index contributed by atoms with van der Waals surface area (Å²) < 4.78 is 5.93. The highest BCUT2D eigenvalue weighted by molar-refractivity contribution is 5.76. The Balaban J connectivity index is 1.44. The number of carbonyl (C=O) groups is 1. The fourth-order valence-corrected chi connectivity index (χ4v) is 3.46. The number of aromatic amines is 1. The molecule has 3 unspecified atom stereocenters. The minimum Gasteiger partial charge on any atom is -0.375 e. The standard InChI is InChI=1S/C17H26N4O3/c1-11(2)15-9-21-8-13(7-14(21)10-24-15)18-16(22)5-3-12-4-6-17(23)20-19-12/h4,6,11,13-15H,3,5,7-10H2,1-2H3,(H,18,22)(H,20,23). The van der Waals surface area contributed by atoms with Crippen LogP contribution in [0.1, 0.15) is 32.4 Å². The van der Waals surface area contributed by atoms with Crippen molar-refractivity contribution in [2.75, 3.05) is 19.7 Å². The van der Waals surface area contributed by atoms with Crippen molar-refractivity contribution in [3.63, 3.8) is 0 Å². The number of carbonyl (C=O) groups excluding carboxylic acids is 1. The first kappa shape index (κ1) is 17.1. The second-order valence-corrected chi connectivity index (χ2v) is 7.14. The average Bonchev–Trinajstić information content (AvgIpc) is 2.95. The van der Waals surface area contributed by atoms with Crippen LogP contribution in [0.3, 0.4) is 0 Å². The van der Waals surface area contributed by atoms with Crippen LogP contribution in [0.5, 0.6) is 0 Å². The first-order chi connectivity index (χ1) is 11.5. The molecule has 1 aromatic heterocycles. The van der Waals surface area contributed by atoms with Gasteiger partial charge in [-0.15, -0.1) is 0 Å². The summed E-state index contributed by atoms with van der Waals surface area (Å²) in [6.07, 6.45) is 2.15. The number of amides is 1. The molecule has 2 aliphatic rings. The van der Waals surface area contributed by atoms with Crippen molar-refractivity contribution >= 4 is 5.91 Å². The Morgan fingerprint density at radius 3 is 3.00 bits per heavy atom. The summed E-state index contributed by atoms with van der Waals surface area (Å²) in [5, 5.41) is 9.43. The number of aromatic nitrogens is 2. The molecule has 7 heteroatoms. The Morgan fingerprint density at radius 2 is 2.29 bits per heavy atom. The van der Waals surface area contributed by atoms with E-state index >= 15 is 0 Å². The Bertz CT molecular complexity index is 610. The lowest BCUT2D eigenvalue weighted by atomic mass is 10.0. The minimum atomic E-state index is -0.229. The first-order valence-corrected chi connectivity index (χ1v) is 8.71. The van der Waals surface area contributed by atoms with E-state index in [4.69, 9.17) is 4.74 Å². The van der Waals surface area contributed by atoms with E-state index in [0.29, 0.717) is 30.9 Å². The minimum absolute atomic E-state index is 0.0363. The van der Waals surface area contributed by atoms with Gasteiger partial charge in [-0.1, -0.05) is 13.8 Å². The number of hydrogen-bond acceptors (Lipinski definition) is 5. The van der Waals surface area contributed by atoms with Crippen molar-refractivity contribution in [1.29, 1.82) is 0 Å². The van der Waals surface area contributed by atoms with Gasteiger partial charge in [0.25, 0.3) is 5.56 Å². The van der Waals surface area contributed by atoms with Crippen molar-refractivity contribution in [2.45, 2.75) is 51.3 Å². The molecule has 0 spiro atoms. The lowest BCUT2D eigenvalue weighted by Crippen LogP contribution is -2.48. The van der Waals surface area contributed by atoms with Gasteiger partial charge in [0, 0.05) is 44.1 Å². The summed E-state index contributed by atoms with van der Waals surface area (Å²) in [5.74, 6) is 0.554. The summed E-state index contributed by atoms with van der Waals surface area (Å²) >= 11 is 0. The smallest absolute Gasteiger partial charge is 0.264 e. The average molecular weight is 334 g/mol. The van der Waals surface area contributed by atoms with Gasteiger partial charge < -0.3 is 10.1 Å². The third kappa shape index (κ3) is 4.21. The van der Waals surface area contributed by atoms with E-state index in [1.807, 2.05) is 0 Å². The summed E-state index contributed by atoms with van der Waals surface area (Å²) in [6, 6.07) is 3.71. The second kappa shape index (κ2) is 7.44. The Labute approximate surface area is 141 Å². The van der Waals surface area contributed by atoms with Gasteiger partial charge in [0.1, 0.15) is 0 Å². The van der Waals surface area contributed by atoms with Gasteiger partial charge >= 0.3 is 0 Å². The van der Waals surface area contributed by atoms with Crippen LogP contribution in [0.25, 0.3) is 0 Å². The molecule has 7 nitrogen and oxygen atoms in total. The van der Waals surface area contributed by atoms with Gasteiger partial charge in [0.15, 0.2) is 0 Å². The van der Waals surface area contributed by atoms with Crippen LogP contribution in [0.4, 0.5) is 0 Å². The molecule has 0 aromatic carbocycles. The van der Waals surface area contributed by atoms with Crippen LogP contribution in [0.2, 0.25) is 0 Å². The van der Waals surface area contributed by atoms with Crippen molar-refractivity contribution in [1.82, 2.24) is 20.4 Å².